The minimum atomic E-state index is -0.705. The molecular formula is C17H24N4O4. The van der Waals surface area contributed by atoms with Crippen molar-refractivity contribution >= 4 is 17.5 Å². The van der Waals surface area contributed by atoms with Crippen LogP contribution in [0.5, 0.6) is 5.75 Å². The first-order valence-corrected chi connectivity index (χ1v) is 7.94. The molecule has 0 saturated carbocycles. The van der Waals surface area contributed by atoms with Crippen molar-refractivity contribution in [3.8, 4) is 5.75 Å². The molecule has 8 heteroatoms. The number of carbonyl (C=O) groups is 1. The lowest BCUT2D eigenvalue weighted by atomic mass is 9.93. The molecule has 0 radical (unpaired) electrons. The van der Waals surface area contributed by atoms with Crippen molar-refractivity contribution in [1.29, 1.82) is 0 Å². The predicted molar refractivity (Wildman–Crippen MR) is 94.8 cm³/mol. The Balaban J connectivity index is 1.87. The summed E-state index contributed by atoms with van der Waals surface area (Å²) in [7, 11) is 0. The van der Waals surface area contributed by atoms with Gasteiger partial charge >= 0.3 is 6.03 Å². The summed E-state index contributed by atoms with van der Waals surface area (Å²) in [6, 6.07) is 8.01. The summed E-state index contributed by atoms with van der Waals surface area (Å²) < 4.78 is 10.6. The molecular weight excluding hydrogens is 324 g/mol. The number of nitrogens with zero attached hydrogens (tertiary/aromatic N) is 1. The molecule has 0 fully saturated rings. The van der Waals surface area contributed by atoms with E-state index in [1.807, 2.05) is 20.8 Å². The number of benzene rings is 1. The molecule has 1 aromatic heterocycles. The molecule has 1 aromatic carbocycles. The molecule has 136 valence electrons. The van der Waals surface area contributed by atoms with Crippen LogP contribution in [0.4, 0.5) is 16.3 Å². The van der Waals surface area contributed by atoms with Gasteiger partial charge < -0.3 is 25.4 Å². The fourth-order valence-corrected chi connectivity index (χ4v) is 1.86. The Morgan fingerprint density at radius 2 is 2.00 bits per heavy atom. The Labute approximate surface area is 146 Å². The molecule has 0 aliphatic heterocycles. The number of nitrogens with two attached hydrogens (primary N) is 1. The highest BCUT2D eigenvalue weighted by molar-refractivity contribution is 5.99. The third kappa shape index (κ3) is 5.77. The number of urea groups is 1. The Morgan fingerprint density at radius 3 is 2.56 bits per heavy atom. The number of hydrogen-bond donors (Lipinski definition) is 4. The topological polar surface area (TPSA) is 123 Å². The van der Waals surface area contributed by atoms with E-state index in [2.05, 4.69) is 15.8 Å². The minimum Gasteiger partial charge on any atom is -0.491 e. The van der Waals surface area contributed by atoms with Gasteiger partial charge in [0.15, 0.2) is 5.82 Å². The van der Waals surface area contributed by atoms with Gasteiger partial charge in [-0.2, -0.15) is 0 Å². The lowest BCUT2D eigenvalue weighted by molar-refractivity contribution is 0.114. The third-order valence-electron chi connectivity index (χ3n) is 3.32. The summed E-state index contributed by atoms with van der Waals surface area (Å²) >= 11 is 0. The van der Waals surface area contributed by atoms with Crippen LogP contribution in [0, 0.1) is 0 Å². The van der Waals surface area contributed by atoms with Gasteiger partial charge in [0.05, 0.1) is 0 Å². The fraction of sp³-hybridized carbons (Fsp3) is 0.412. The molecule has 1 atom stereocenters. The van der Waals surface area contributed by atoms with E-state index in [9.17, 15) is 9.90 Å². The van der Waals surface area contributed by atoms with Crippen LogP contribution in [0.2, 0.25) is 0 Å². The summed E-state index contributed by atoms with van der Waals surface area (Å²) in [5, 5.41) is 18.5. The maximum Gasteiger partial charge on any atom is 0.324 e. The highest BCUT2D eigenvalue weighted by Gasteiger charge is 2.20. The van der Waals surface area contributed by atoms with Gasteiger partial charge in [0.2, 0.25) is 0 Å². The zero-order valence-electron chi connectivity index (χ0n) is 14.6. The zero-order valence-corrected chi connectivity index (χ0v) is 14.6. The lowest BCUT2D eigenvalue weighted by Crippen LogP contribution is -2.26. The monoisotopic (exact) mass is 348 g/mol. The summed E-state index contributed by atoms with van der Waals surface area (Å²) in [5.41, 5.74) is 5.71. The average molecular weight is 348 g/mol. The maximum absolute atomic E-state index is 12.0. The van der Waals surface area contributed by atoms with Gasteiger partial charge in [0, 0.05) is 23.7 Å². The number of aliphatic hydroxyl groups is 1. The van der Waals surface area contributed by atoms with Crippen LogP contribution >= 0.6 is 0 Å². The second-order valence-corrected chi connectivity index (χ2v) is 6.63. The molecule has 25 heavy (non-hydrogen) atoms. The Bertz CT molecular complexity index is 691. The van der Waals surface area contributed by atoms with Gasteiger partial charge in [0.25, 0.3) is 0 Å². The number of hydrogen-bond acceptors (Lipinski definition) is 6. The van der Waals surface area contributed by atoms with Crippen molar-refractivity contribution in [2.45, 2.75) is 32.3 Å². The molecule has 0 aliphatic carbocycles. The lowest BCUT2D eigenvalue weighted by Gasteiger charge is -2.12. The minimum absolute atomic E-state index is 0.117. The molecule has 0 bridgehead atoms. The van der Waals surface area contributed by atoms with E-state index >= 15 is 0 Å². The molecule has 1 heterocycles. The SMILES string of the molecule is CC(C)(C)c1cc(NC(=O)Nc2ccc(OCC(O)CN)cc2)no1. The van der Waals surface area contributed by atoms with E-state index in [0.29, 0.717) is 23.0 Å². The smallest absolute Gasteiger partial charge is 0.324 e. The van der Waals surface area contributed by atoms with Gasteiger partial charge in [-0.25, -0.2) is 4.79 Å². The number of nitrogens with one attached hydrogen (secondary N) is 2. The first-order chi connectivity index (χ1) is 11.8. The summed E-state index contributed by atoms with van der Waals surface area (Å²) in [6.07, 6.45) is -0.705. The fourth-order valence-electron chi connectivity index (χ4n) is 1.86. The number of aliphatic hydroxyl groups excluding tert-OH is 1. The summed E-state index contributed by atoms with van der Waals surface area (Å²) in [6.45, 7) is 6.24. The zero-order chi connectivity index (χ0) is 18.4. The van der Waals surface area contributed by atoms with Crippen LogP contribution in [-0.2, 0) is 5.41 Å². The maximum atomic E-state index is 12.0. The van der Waals surface area contributed by atoms with Gasteiger partial charge in [-0.3, -0.25) is 5.32 Å². The van der Waals surface area contributed by atoms with Crippen molar-refractivity contribution in [2.75, 3.05) is 23.8 Å². The van der Waals surface area contributed by atoms with Crippen molar-refractivity contribution in [1.82, 2.24) is 5.16 Å². The van der Waals surface area contributed by atoms with Crippen LogP contribution < -0.4 is 21.1 Å². The molecule has 2 amide bonds. The molecule has 0 spiro atoms. The van der Waals surface area contributed by atoms with E-state index in [1.165, 1.54) is 0 Å². The molecule has 2 aromatic rings. The van der Waals surface area contributed by atoms with Crippen LogP contribution in [0.3, 0.4) is 0 Å². The van der Waals surface area contributed by atoms with Gasteiger partial charge in [-0.05, 0) is 24.3 Å². The quantitative estimate of drug-likeness (QED) is 0.635. The third-order valence-corrected chi connectivity index (χ3v) is 3.32. The number of rotatable bonds is 6. The second-order valence-electron chi connectivity index (χ2n) is 6.63. The molecule has 1 unspecified atom stereocenters. The summed E-state index contributed by atoms with van der Waals surface area (Å²) in [5.74, 6) is 1.60. The van der Waals surface area contributed by atoms with E-state index in [-0.39, 0.29) is 18.6 Å². The Morgan fingerprint density at radius 1 is 1.32 bits per heavy atom. The standard InChI is InChI=1S/C17H24N4O4/c1-17(2,3)14-8-15(21-25-14)20-16(23)19-11-4-6-13(7-5-11)24-10-12(22)9-18/h4-8,12,22H,9-10,18H2,1-3H3,(H2,19,20,21,23). The number of aromatic nitrogens is 1. The molecule has 5 N–H and O–H groups in total. The van der Waals surface area contributed by atoms with Crippen molar-refractivity contribution in [3.05, 3.63) is 36.1 Å². The van der Waals surface area contributed by atoms with E-state index < -0.39 is 12.1 Å². The van der Waals surface area contributed by atoms with Crippen molar-refractivity contribution < 1.29 is 19.2 Å². The van der Waals surface area contributed by atoms with Crippen LogP contribution in [0.1, 0.15) is 26.5 Å². The molecule has 0 saturated heterocycles. The number of carbonyl (C=O) groups excluding carboxylic acids is 1. The molecule has 0 aliphatic rings. The Kier molecular flexibility index (Phi) is 6.00. The van der Waals surface area contributed by atoms with E-state index in [4.69, 9.17) is 15.0 Å². The van der Waals surface area contributed by atoms with Gasteiger partial charge in [0.1, 0.15) is 24.2 Å². The number of anilines is 2. The van der Waals surface area contributed by atoms with Crippen molar-refractivity contribution in [3.63, 3.8) is 0 Å². The summed E-state index contributed by atoms with van der Waals surface area (Å²) in [4.78, 5) is 12.0. The average Bonchev–Trinajstić information content (AvgIpc) is 3.02. The van der Waals surface area contributed by atoms with Crippen molar-refractivity contribution in [2.24, 2.45) is 5.73 Å². The molecule has 2 rings (SSSR count). The normalized spacial score (nSPS) is 12.5. The number of amides is 2. The van der Waals surface area contributed by atoms with Crippen LogP contribution in [0.15, 0.2) is 34.9 Å². The van der Waals surface area contributed by atoms with Crippen LogP contribution in [0.25, 0.3) is 0 Å². The van der Waals surface area contributed by atoms with Gasteiger partial charge in [-0.15, -0.1) is 0 Å². The van der Waals surface area contributed by atoms with Gasteiger partial charge in [-0.1, -0.05) is 25.9 Å². The second kappa shape index (κ2) is 8.00. The highest BCUT2D eigenvalue weighted by atomic mass is 16.5. The molecule has 8 nitrogen and oxygen atoms in total. The first-order valence-electron chi connectivity index (χ1n) is 7.94. The predicted octanol–water partition coefficient (Wildman–Crippen LogP) is 2.31. The van der Waals surface area contributed by atoms with Crippen LogP contribution in [-0.4, -0.2) is 35.5 Å². The van der Waals surface area contributed by atoms with E-state index in [1.54, 1.807) is 30.3 Å². The Hall–Kier alpha value is -2.58. The van der Waals surface area contributed by atoms with E-state index in [0.717, 1.165) is 0 Å². The largest absolute Gasteiger partial charge is 0.491 e. The number of ether oxygens (including phenoxy) is 1. The first kappa shape index (κ1) is 18.8. The highest BCUT2D eigenvalue weighted by Crippen LogP contribution is 2.24.